The highest BCUT2D eigenvalue weighted by atomic mass is 14.9. The first-order valence-electron chi connectivity index (χ1n) is 8.26. The SMILES string of the molecule is NCCCNc1cccc(-c2ccnc3[nH]c4ccccc4c23)c1. The van der Waals surface area contributed by atoms with Gasteiger partial charge in [-0.1, -0.05) is 30.3 Å². The number of hydrogen-bond donors (Lipinski definition) is 3. The second-order valence-electron chi connectivity index (χ2n) is 5.90. The third-order valence-corrected chi connectivity index (χ3v) is 4.28. The molecular formula is C20H20N4. The van der Waals surface area contributed by atoms with Gasteiger partial charge in [0.25, 0.3) is 0 Å². The topological polar surface area (TPSA) is 66.7 Å². The van der Waals surface area contributed by atoms with Crippen LogP contribution in [0.25, 0.3) is 33.1 Å². The number of rotatable bonds is 5. The summed E-state index contributed by atoms with van der Waals surface area (Å²) in [5.41, 5.74) is 11.1. The van der Waals surface area contributed by atoms with Crippen LogP contribution in [0.2, 0.25) is 0 Å². The van der Waals surface area contributed by atoms with Crippen LogP contribution in [0.4, 0.5) is 5.69 Å². The highest BCUT2D eigenvalue weighted by Gasteiger charge is 2.11. The first-order valence-corrected chi connectivity index (χ1v) is 8.26. The molecule has 120 valence electrons. The van der Waals surface area contributed by atoms with Crippen molar-refractivity contribution in [3.63, 3.8) is 0 Å². The minimum Gasteiger partial charge on any atom is -0.385 e. The van der Waals surface area contributed by atoms with Gasteiger partial charge < -0.3 is 16.0 Å². The molecule has 4 rings (SSSR count). The molecule has 0 unspecified atom stereocenters. The molecule has 0 aliphatic heterocycles. The van der Waals surface area contributed by atoms with Gasteiger partial charge in [0.2, 0.25) is 0 Å². The number of nitrogens with zero attached hydrogens (tertiary/aromatic N) is 1. The molecule has 4 heteroatoms. The largest absolute Gasteiger partial charge is 0.385 e. The lowest BCUT2D eigenvalue weighted by molar-refractivity contribution is 0.874. The maximum Gasteiger partial charge on any atom is 0.138 e. The van der Waals surface area contributed by atoms with Gasteiger partial charge in [0.1, 0.15) is 5.65 Å². The maximum atomic E-state index is 5.57. The molecule has 0 aliphatic carbocycles. The van der Waals surface area contributed by atoms with Crippen LogP contribution < -0.4 is 11.1 Å². The third kappa shape index (κ3) is 2.61. The Morgan fingerprint density at radius 1 is 1.04 bits per heavy atom. The van der Waals surface area contributed by atoms with Crippen LogP contribution in [0.1, 0.15) is 6.42 Å². The molecule has 24 heavy (non-hydrogen) atoms. The van der Waals surface area contributed by atoms with Crippen LogP contribution in [0.3, 0.4) is 0 Å². The summed E-state index contributed by atoms with van der Waals surface area (Å²) in [5.74, 6) is 0. The van der Waals surface area contributed by atoms with E-state index in [0.717, 1.165) is 29.8 Å². The van der Waals surface area contributed by atoms with Crippen molar-refractivity contribution in [2.75, 3.05) is 18.4 Å². The molecule has 4 N–H and O–H groups in total. The van der Waals surface area contributed by atoms with E-state index in [1.165, 1.54) is 21.9 Å². The number of H-pyrrole nitrogens is 1. The lowest BCUT2D eigenvalue weighted by Gasteiger charge is -2.09. The fourth-order valence-electron chi connectivity index (χ4n) is 3.14. The van der Waals surface area contributed by atoms with E-state index in [4.69, 9.17) is 5.73 Å². The number of pyridine rings is 1. The van der Waals surface area contributed by atoms with Crippen molar-refractivity contribution in [3.8, 4) is 11.1 Å². The molecule has 2 aromatic heterocycles. The number of anilines is 1. The molecule has 0 radical (unpaired) electrons. The third-order valence-electron chi connectivity index (χ3n) is 4.28. The molecule has 4 aromatic rings. The van der Waals surface area contributed by atoms with E-state index < -0.39 is 0 Å². The van der Waals surface area contributed by atoms with E-state index >= 15 is 0 Å². The molecule has 4 nitrogen and oxygen atoms in total. The standard InChI is InChI=1S/C20H20N4/c21-10-4-11-22-15-6-3-5-14(13-15)16-9-12-23-20-19(16)17-7-1-2-8-18(17)24-20/h1-3,5-9,12-13,22H,4,10-11,21H2,(H,23,24). The first kappa shape index (κ1) is 14.7. The van der Waals surface area contributed by atoms with Crippen molar-refractivity contribution in [1.29, 1.82) is 0 Å². The van der Waals surface area contributed by atoms with Crippen LogP contribution in [0.15, 0.2) is 60.8 Å². The van der Waals surface area contributed by atoms with Crippen LogP contribution in [-0.2, 0) is 0 Å². The molecular weight excluding hydrogens is 296 g/mol. The van der Waals surface area contributed by atoms with E-state index in [9.17, 15) is 0 Å². The van der Waals surface area contributed by atoms with Crippen LogP contribution in [0, 0.1) is 0 Å². The summed E-state index contributed by atoms with van der Waals surface area (Å²) in [7, 11) is 0. The van der Waals surface area contributed by atoms with E-state index in [0.29, 0.717) is 6.54 Å². The van der Waals surface area contributed by atoms with Crippen molar-refractivity contribution >= 4 is 27.6 Å². The van der Waals surface area contributed by atoms with Gasteiger partial charge in [0.15, 0.2) is 0 Å². The Kier molecular flexibility index (Phi) is 3.89. The molecule has 0 saturated heterocycles. The number of para-hydroxylation sites is 1. The molecule has 0 bridgehead atoms. The van der Waals surface area contributed by atoms with Crippen molar-refractivity contribution in [1.82, 2.24) is 9.97 Å². The first-order chi connectivity index (χ1) is 11.9. The summed E-state index contributed by atoms with van der Waals surface area (Å²) in [6.07, 6.45) is 2.83. The summed E-state index contributed by atoms with van der Waals surface area (Å²) >= 11 is 0. The molecule has 2 heterocycles. The van der Waals surface area contributed by atoms with E-state index in [1.807, 2.05) is 12.3 Å². The fourth-order valence-corrected chi connectivity index (χ4v) is 3.14. The van der Waals surface area contributed by atoms with Crippen molar-refractivity contribution < 1.29 is 0 Å². The number of nitrogens with one attached hydrogen (secondary N) is 2. The average molecular weight is 316 g/mol. The summed E-state index contributed by atoms with van der Waals surface area (Å²) < 4.78 is 0. The Balaban J connectivity index is 1.83. The van der Waals surface area contributed by atoms with Gasteiger partial charge in [-0.2, -0.15) is 0 Å². The summed E-state index contributed by atoms with van der Waals surface area (Å²) in [6.45, 7) is 1.59. The molecule has 0 aliphatic rings. The van der Waals surface area contributed by atoms with E-state index in [2.05, 4.69) is 63.8 Å². The smallest absolute Gasteiger partial charge is 0.138 e. The minimum absolute atomic E-state index is 0.701. The number of aromatic amines is 1. The second-order valence-corrected chi connectivity index (χ2v) is 5.90. The van der Waals surface area contributed by atoms with Gasteiger partial charge in [-0.15, -0.1) is 0 Å². The molecule has 2 aromatic carbocycles. The lowest BCUT2D eigenvalue weighted by atomic mass is 10.0. The van der Waals surface area contributed by atoms with E-state index in [1.54, 1.807) is 0 Å². The Hall–Kier alpha value is -2.85. The highest BCUT2D eigenvalue weighted by molar-refractivity contribution is 6.12. The molecule has 0 fully saturated rings. The van der Waals surface area contributed by atoms with Crippen molar-refractivity contribution in [3.05, 3.63) is 60.8 Å². The number of aromatic nitrogens is 2. The average Bonchev–Trinajstić information content (AvgIpc) is 3.01. The highest BCUT2D eigenvalue weighted by Crippen LogP contribution is 2.34. The summed E-state index contributed by atoms with van der Waals surface area (Å²) in [4.78, 5) is 7.91. The Morgan fingerprint density at radius 2 is 1.96 bits per heavy atom. The Bertz CT molecular complexity index is 987. The van der Waals surface area contributed by atoms with Crippen LogP contribution in [-0.4, -0.2) is 23.1 Å². The predicted octanol–water partition coefficient (Wildman–Crippen LogP) is 4.14. The van der Waals surface area contributed by atoms with Gasteiger partial charge in [-0.05, 0) is 48.4 Å². The normalized spacial score (nSPS) is 11.2. The van der Waals surface area contributed by atoms with Gasteiger partial charge in [0, 0.05) is 34.7 Å². The zero-order valence-corrected chi connectivity index (χ0v) is 13.4. The monoisotopic (exact) mass is 316 g/mol. The number of nitrogens with two attached hydrogens (primary N) is 1. The van der Waals surface area contributed by atoms with Gasteiger partial charge in [-0.3, -0.25) is 0 Å². The minimum atomic E-state index is 0.701. The number of fused-ring (bicyclic) bond motifs is 3. The predicted molar refractivity (Wildman–Crippen MR) is 101 cm³/mol. The Morgan fingerprint density at radius 3 is 2.88 bits per heavy atom. The van der Waals surface area contributed by atoms with E-state index in [-0.39, 0.29) is 0 Å². The second kappa shape index (κ2) is 6.34. The zero-order chi connectivity index (χ0) is 16.4. The van der Waals surface area contributed by atoms with Crippen LogP contribution >= 0.6 is 0 Å². The number of benzene rings is 2. The van der Waals surface area contributed by atoms with Gasteiger partial charge in [-0.25, -0.2) is 4.98 Å². The molecule has 0 spiro atoms. The Labute approximate surface area is 140 Å². The van der Waals surface area contributed by atoms with Crippen molar-refractivity contribution in [2.45, 2.75) is 6.42 Å². The van der Waals surface area contributed by atoms with Crippen molar-refractivity contribution in [2.24, 2.45) is 5.73 Å². The summed E-state index contributed by atoms with van der Waals surface area (Å²) in [6, 6.07) is 18.9. The molecule has 0 amide bonds. The molecule has 0 saturated carbocycles. The zero-order valence-electron chi connectivity index (χ0n) is 13.4. The fraction of sp³-hybridized carbons (Fsp3) is 0.150. The molecule has 0 atom stereocenters. The summed E-state index contributed by atoms with van der Waals surface area (Å²) in [5, 5.41) is 5.81. The van der Waals surface area contributed by atoms with Gasteiger partial charge in [0.05, 0.1) is 0 Å². The van der Waals surface area contributed by atoms with Gasteiger partial charge >= 0.3 is 0 Å². The van der Waals surface area contributed by atoms with Crippen LogP contribution in [0.5, 0.6) is 0 Å². The maximum absolute atomic E-state index is 5.57. The number of hydrogen-bond acceptors (Lipinski definition) is 3. The lowest BCUT2D eigenvalue weighted by Crippen LogP contribution is -2.08. The quantitative estimate of drug-likeness (QED) is 0.485.